The van der Waals surface area contributed by atoms with Gasteiger partial charge in [-0.15, -0.1) is 0 Å². The SMILES string of the molecule is C.C.CC(C)C(C)F. The summed E-state index contributed by atoms with van der Waals surface area (Å²) in [5.74, 6) is 0.185. The van der Waals surface area contributed by atoms with Crippen molar-refractivity contribution in [2.45, 2.75) is 41.8 Å². The van der Waals surface area contributed by atoms with Gasteiger partial charge in [-0.1, -0.05) is 28.7 Å². The zero-order chi connectivity index (χ0) is 5.15. The number of alkyl halides is 1. The summed E-state index contributed by atoms with van der Waals surface area (Å²) in [5.41, 5.74) is 0. The van der Waals surface area contributed by atoms with E-state index >= 15 is 0 Å². The second-order valence-corrected chi connectivity index (χ2v) is 1.92. The zero-order valence-corrected chi connectivity index (χ0v) is 4.53. The number of halogens is 1. The summed E-state index contributed by atoms with van der Waals surface area (Å²) in [6.45, 7) is 5.31. The van der Waals surface area contributed by atoms with Crippen molar-refractivity contribution < 1.29 is 4.39 Å². The van der Waals surface area contributed by atoms with Crippen LogP contribution in [0.1, 0.15) is 35.6 Å². The van der Waals surface area contributed by atoms with E-state index in [1.807, 2.05) is 13.8 Å². The van der Waals surface area contributed by atoms with E-state index < -0.39 is 6.17 Å². The van der Waals surface area contributed by atoms with E-state index in [0.29, 0.717) is 0 Å². The summed E-state index contributed by atoms with van der Waals surface area (Å²) >= 11 is 0. The molecule has 0 spiro atoms. The van der Waals surface area contributed by atoms with E-state index in [-0.39, 0.29) is 20.8 Å². The Bertz CT molecular complexity index is 25.4. The molecule has 8 heavy (non-hydrogen) atoms. The van der Waals surface area contributed by atoms with Gasteiger partial charge in [0.15, 0.2) is 0 Å². The first-order chi connectivity index (χ1) is 2.64. The molecule has 0 radical (unpaired) electrons. The largest absolute Gasteiger partial charge is 0.248 e. The lowest BCUT2D eigenvalue weighted by molar-refractivity contribution is 0.280. The Labute approximate surface area is 53.1 Å². The van der Waals surface area contributed by atoms with Gasteiger partial charge in [0.05, 0.1) is 6.17 Å². The Morgan fingerprint density at radius 2 is 1.12 bits per heavy atom. The molecule has 1 unspecified atom stereocenters. The average Bonchev–Trinajstić information content (AvgIpc) is 1.36. The van der Waals surface area contributed by atoms with Gasteiger partial charge in [0, 0.05) is 0 Å². The van der Waals surface area contributed by atoms with Crippen LogP contribution in [-0.2, 0) is 0 Å². The lowest BCUT2D eigenvalue weighted by Crippen LogP contribution is -2.01. The van der Waals surface area contributed by atoms with Gasteiger partial charge in [0.25, 0.3) is 0 Å². The molecule has 0 heterocycles. The highest BCUT2D eigenvalue weighted by molar-refractivity contribution is 4.49. The molecule has 1 atom stereocenters. The number of rotatable bonds is 1. The summed E-state index contributed by atoms with van der Waals surface area (Å²) < 4.78 is 11.8. The molecule has 0 rings (SSSR count). The van der Waals surface area contributed by atoms with Crippen molar-refractivity contribution in [2.24, 2.45) is 5.92 Å². The van der Waals surface area contributed by atoms with Crippen molar-refractivity contribution >= 4 is 0 Å². The summed E-state index contributed by atoms with van der Waals surface area (Å²) in [4.78, 5) is 0. The Hall–Kier alpha value is -0.0700. The monoisotopic (exact) mass is 122 g/mol. The van der Waals surface area contributed by atoms with Crippen LogP contribution in [0.25, 0.3) is 0 Å². The molecule has 0 nitrogen and oxygen atoms in total. The van der Waals surface area contributed by atoms with Gasteiger partial charge in [-0.3, -0.25) is 0 Å². The van der Waals surface area contributed by atoms with Crippen LogP contribution in [0.4, 0.5) is 4.39 Å². The van der Waals surface area contributed by atoms with Crippen LogP contribution in [0.5, 0.6) is 0 Å². The third-order valence-corrected chi connectivity index (χ3v) is 0.919. The predicted molar refractivity (Wildman–Crippen MR) is 38.9 cm³/mol. The fraction of sp³-hybridized carbons (Fsp3) is 1.00. The quantitative estimate of drug-likeness (QED) is 0.500. The van der Waals surface area contributed by atoms with Gasteiger partial charge in [-0.2, -0.15) is 0 Å². The molecule has 0 saturated heterocycles. The van der Waals surface area contributed by atoms with E-state index in [1.54, 1.807) is 6.92 Å². The highest BCUT2D eigenvalue weighted by atomic mass is 19.1. The van der Waals surface area contributed by atoms with Crippen LogP contribution < -0.4 is 0 Å². The van der Waals surface area contributed by atoms with Gasteiger partial charge in [-0.25, -0.2) is 4.39 Å². The van der Waals surface area contributed by atoms with E-state index in [1.165, 1.54) is 0 Å². The summed E-state index contributed by atoms with van der Waals surface area (Å²) in [6, 6.07) is 0. The zero-order valence-electron chi connectivity index (χ0n) is 4.53. The molecule has 0 bridgehead atoms. The molecule has 0 N–H and O–H groups in total. The van der Waals surface area contributed by atoms with E-state index in [9.17, 15) is 4.39 Å². The minimum absolute atomic E-state index is 0. The average molecular weight is 122 g/mol. The fourth-order valence-corrected chi connectivity index (χ4v) is 0. The Kier molecular flexibility index (Phi) is 13.6. The van der Waals surface area contributed by atoms with Crippen molar-refractivity contribution in [3.63, 3.8) is 0 Å². The molecule has 0 aromatic carbocycles. The van der Waals surface area contributed by atoms with Gasteiger partial charge in [0.1, 0.15) is 0 Å². The van der Waals surface area contributed by atoms with Crippen LogP contribution in [0.15, 0.2) is 0 Å². The maximum Gasteiger partial charge on any atom is 0.0996 e. The van der Waals surface area contributed by atoms with Crippen LogP contribution in [-0.4, -0.2) is 6.17 Å². The predicted octanol–water partition coefficient (Wildman–Crippen LogP) is 3.27. The first-order valence-electron chi connectivity index (χ1n) is 2.28. The van der Waals surface area contributed by atoms with E-state index in [0.717, 1.165) is 0 Å². The highest BCUT2D eigenvalue weighted by Crippen LogP contribution is 2.02. The normalized spacial score (nSPS) is 11.6. The molecule has 0 aromatic heterocycles. The van der Waals surface area contributed by atoms with Crippen LogP contribution in [0.2, 0.25) is 0 Å². The molecular weight excluding hydrogens is 103 g/mol. The van der Waals surface area contributed by atoms with E-state index in [4.69, 9.17) is 0 Å². The smallest absolute Gasteiger partial charge is 0.0996 e. The van der Waals surface area contributed by atoms with Crippen molar-refractivity contribution in [3.8, 4) is 0 Å². The first kappa shape index (κ1) is 15.7. The molecule has 0 aliphatic carbocycles. The molecule has 54 valence electrons. The third kappa shape index (κ3) is 9.33. The van der Waals surface area contributed by atoms with Crippen molar-refractivity contribution in [1.29, 1.82) is 0 Å². The maximum atomic E-state index is 11.8. The fourth-order valence-electron chi connectivity index (χ4n) is 0. The van der Waals surface area contributed by atoms with E-state index in [2.05, 4.69) is 0 Å². The molecule has 0 fully saturated rings. The highest BCUT2D eigenvalue weighted by Gasteiger charge is 2.00. The topological polar surface area (TPSA) is 0 Å². The summed E-state index contributed by atoms with van der Waals surface area (Å²) in [6.07, 6.45) is -0.648. The van der Waals surface area contributed by atoms with Crippen LogP contribution in [0.3, 0.4) is 0 Å². The lowest BCUT2D eigenvalue weighted by atomic mass is 10.1. The Balaban J connectivity index is -0.000000125. The molecule has 0 aliphatic rings. The molecule has 1 heteroatoms. The second kappa shape index (κ2) is 6.93. The molecule has 0 aromatic rings. The lowest BCUT2D eigenvalue weighted by Gasteiger charge is -2.01. The van der Waals surface area contributed by atoms with Gasteiger partial charge in [0.2, 0.25) is 0 Å². The minimum atomic E-state index is -0.648. The molecule has 0 aliphatic heterocycles. The van der Waals surface area contributed by atoms with Crippen molar-refractivity contribution in [2.75, 3.05) is 0 Å². The molecule has 0 amide bonds. The van der Waals surface area contributed by atoms with Gasteiger partial charge in [-0.05, 0) is 12.8 Å². The minimum Gasteiger partial charge on any atom is -0.248 e. The van der Waals surface area contributed by atoms with Crippen molar-refractivity contribution in [3.05, 3.63) is 0 Å². The number of hydrogen-bond donors (Lipinski definition) is 0. The van der Waals surface area contributed by atoms with Gasteiger partial charge < -0.3 is 0 Å². The van der Waals surface area contributed by atoms with Crippen molar-refractivity contribution in [1.82, 2.24) is 0 Å². The number of hydrogen-bond acceptors (Lipinski definition) is 0. The van der Waals surface area contributed by atoms with Crippen LogP contribution in [0, 0.1) is 5.92 Å². The van der Waals surface area contributed by atoms with Crippen LogP contribution >= 0.6 is 0 Å². The van der Waals surface area contributed by atoms with Gasteiger partial charge >= 0.3 is 0 Å². The maximum absolute atomic E-state index is 11.8. The molecule has 0 saturated carbocycles. The summed E-state index contributed by atoms with van der Waals surface area (Å²) in [7, 11) is 0. The third-order valence-electron chi connectivity index (χ3n) is 0.919. The standard InChI is InChI=1S/C5H11F.2CH4/c1-4(2)5(3)6;;/h4-5H,1-3H3;2*1H4. The first-order valence-corrected chi connectivity index (χ1v) is 2.28. The second-order valence-electron chi connectivity index (χ2n) is 1.92. The Morgan fingerprint density at radius 3 is 1.12 bits per heavy atom. The molecular formula is C7H19F. The Morgan fingerprint density at radius 1 is 1.00 bits per heavy atom. The summed E-state index contributed by atoms with van der Waals surface area (Å²) in [5, 5.41) is 0.